The minimum absolute atomic E-state index is 0.0443. The largest absolute Gasteiger partial charge is 0.465 e. The normalized spacial score (nSPS) is 20.7. The SMILES string of the molecule is CC1CC=C(c2csc(=S)[nH]2)CN1C(=O)O. The number of amides is 1. The topological polar surface area (TPSA) is 56.3 Å². The molecule has 0 fully saturated rings. The lowest BCUT2D eigenvalue weighted by Crippen LogP contribution is -2.40. The molecule has 1 aromatic rings. The van der Waals surface area contributed by atoms with E-state index in [1.807, 2.05) is 12.3 Å². The van der Waals surface area contributed by atoms with Crippen molar-refractivity contribution in [2.24, 2.45) is 0 Å². The number of thiazole rings is 1. The van der Waals surface area contributed by atoms with Gasteiger partial charge in [-0.15, -0.1) is 11.3 Å². The molecule has 4 nitrogen and oxygen atoms in total. The average Bonchev–Trinajstić information content (AvgIpc) is 2.65. The molecule has 0 aromatic carbocycles. The smallest absolute Gasteiger partial charge is 0.407 e. The predicted molar refractivity (Wildman–Crippen MR) is 66.3 cm³/mol. The van der Waals surface area contributed by atoms with Gasteiger partial charge in [0.25, 0.3) is 0 Å². The van der Waals surface area contributed by atoms with Crippen LogP contribution in [0.25, 0.3) is 5.57 Å². The molecule has 2 heterocycles. The summed E-state index contributed by atoms with van der Waals surface area (Å²) in [5, 5.41) is 11.0. The Bertz CT molecular complexity index is 489. The fourth-order valence-electron chi connectivity index (χ4n) is 1.73. The summed E-state index contributed by atoms with van der Waals surface area (Å²) in [6, 6.07) is 0.0443. The van der Waals surface area contributed by atoms with Crippen LogP contribution in [0.3, 0.4) is 0 Å². The van der Waals surface area contributed by atoms with Crippen LogP contribution in [-0.4, -0.2) is 33.7 Å². The number of hydrogen-bond donors (Lipinski definition) is 2. The van der Waals surface area contributed by atoms with Crippen LogP contribution in [0.5, 0.6) is 0 Å². The van der Waals surface area contributed by atoms with Crippen LogP contribution in [0.15, 0.2) is 11.5 Å². The number of hydrogen-bond acceptors (Lipinski definition) is 3. The number of nitrogens with zero attached hydrogens (tertiary/aromatic N) is 1. The summed E-state index contributed by atoms with van der Waals surface area (Å²) < 4.78 is 0.719. The highest BCUT2D eigenvalue weighted by molar-refractivity contribution is 7.73. The van der Waals surface area contributed by atoms with Crippen molar-refractivity contribution in [2.75, 3.05) is 6.54 Å². The van der Waals surface area contributed by atoms with Gasteiger partial charge in [-0.05, 0) is 31.1 Å². The quantitative estimate of drug-likeness (QED) is 0.759. The fourth-order valence-corrected chi connectivity index (χ4v) is 2.59. The minimum Gasteiger partial charge on any atom is -0.465 e. The number of H-pyrrole nitrogens is 1. The maximum absolute atomic E-state index is 11.0. The Morgan fingerprint density at radius 3 is 3.06 bits per heavy atom. The predicted octanol–water partition coefficient (Wildman–Crippen LogP) is 2.96. The number of carboxylic acid groups (broad SMARTS) is 1. The Morgan fingerprint density at radius 1 is 1.75 bits per heavy atom. The standard InChI is InChI=1S/C10H12N2O2S2/c1-6-2-3-7(4-12(6)10(13)14)8-5-16-9(15)11-8/h3,5-6H,2,4H2,1H3,(H,11,15)(H,13,14). The van der Waals surface area contributed by atoms with Crippen molar-refractivity contribution in [3.05, 3.63) is 21.1 Å². The van der Waals surface area contributed by atoms with Gasteiger partial charge in [0.1, 0.15) is 0 Å². The van der Waals surface area contributed by atoms with Crippen LogP contribution in [0.1, 0.15) is 19.0 Å². The van der Waals surface area contributed by atoms with E-state index in [4.69, 9.17) is 17.3 Å². The van der Waals surface area contributed by atoms with E-state index in [1.54, 1.807) is 0 Å². The second-order valence-electron chi connectivity index (χ2n) is 3.79. The molecule has 2 rings (SSSR count). The first-order chi connectivity index (χ1) is 7.58. The maximum atomic E-state index is 11.0. The number of rotatable bonds is 1. The summed E-state index contributed by atoms with van der Waals surface area (Å²) in [6.45, 7) is 2.34. The molecule has 0 spiro atoms. The van der Waals surface area contributed by atoms with Crippen LogP contribution in [0.2, 0.25) is 0 Å². The summed E-state index contributed by atoms with van der Waals surface area (Å²) in [4.78, 5) is 15.5. The third-order valence-electron chi connectivity index (χ3n) is 2.69. The summed E-state index contributed by atoms with van der Waals surface area (Å²) in [6.07, 6.45) is 1.96. The van der Waals surface area contributed by atoms with Crippen molar-refractivity contribution < 1.29 is 9.90 Å². The third-order valence-corrected chi connectivity index (χ3v) is 3.75. The van der Waals surface area contributed by atoms with Gasteiger partial charge in [-0.1, -0.05) is 6.08 Å². The Morgan fingerprint density at radius 2 is 2.50 bits per heavy atom. The highest BCUT2D eigenvalue weighted by atomic mass is 32.1. The summed E-state index contributed by atoms with van der Waals surface area (Å²) >= 11 is 6.47. The molecule has 1 amide bonds. The summed E-state index contributed by atoms with van der Waals surface area (Å²) in [5.41, 5.74) is 1.95. The molecule has 86 valence electrons. The van der Waals surface area contributed by atoms with E-state index in [0.717, 1.165) is 21.6 Å². The molecule has 1 aliphatic rings. The molecule has 0 aliphatic carbocycles. The van der Waals surface area contributed by atoms with Crippen molar-refractivity contribution in [3.63, 3.8) is 0 Å². The molecule has 6 heteroatoms. The second kappa shape index (κ2) is 4.39. The Kier molecular flexibility index (Phi) is 3.11. The molecule has 16 heavy (non-hydrogen) atoms. The van der Waals surface area contributed by atoms with Crippen molar-refractivity contribution >= 4 is 35.2 Å². The Labute approximate surface area is 102 Å². The molecule has 0 saturated heterocycles. The third kappa shape index (κ3) is 2.17. The number of carbonyl (C=O) groups is 1. The highest BCUT2D eigenvalue weighted by Gasteiger charge is 2.24. The fraction of sp³-hybridized carbons (Fsp3) is 0.400. The van der Waals surface area contributed by atoms with Gasteiger partial charge in [0.2, 0.25) is 0 Å². The van der Waals surface area contributed by atoms with Gasteiger partial charge in [-0.25, -0.2) is 4.79 Å². The number of aromatic amines is 1. The summed E-state index contributed by atoms with van der Waals surface area (Å²) in [5.74, 6) is 0. The van der Waals surface area contributed by atoms with Crippen LogP contribution in [0, 0.1) is 3.95 Å². The van der Waals surface area contributed by atoms with Gasteiger partial charge in [-0.2, -0.15) is 0 Å². The first-order valence-corrected chi connectivity index (χ1v) is 6.23. The Balaban J connectivity index is 2.25. The molecule has 0 saturated carbocycles. The monoisotopic (exact) mass is 256 g/mol. The number of nitrogens with one attached hydrogen (secondary N) is 1. The molecule has 1 unspecified atom stereocenters. The van der Waals surface area contributed by atoms with E-state index in [2.05, 4.69) is 11.1 Å². The van der Waals surface area contributed by atoms with E-state index < -0.39 is 6.09 Å². The van der Waals surface area contributed by atoms with Gasteiger partial charge < -0.3 is 15.0 Å². The van der Waals surface area contributed by atoms with Gasteiger partial charge in [-0.3, -0.25) is 0 Å². The Hall–Kier alpha value is -1.14. The molecule has 1 aromatic heterocycles. The summed E-state index contributed by atoms with van der Waals surface area (Å²) in [7, 11) is 0. The van der Waals surface area contributed by atoms with Crippen molar-refractivity contribution in [2.45, 2.75) is 19.4 Å². The van der Waals surface area contributed by atoms with E-state index in [9.17, 15) is 4.79 Å². The second-order valence-corrected chi connectivity index (χ2v) is 5.33. The van der Waals surface area contributed by atoms with Gasteiger partial charge in [0.15, 0.2) is 3.95 Å². The molecular weight excluding hydrogens is 244 g/mol. The van der Waals surface area contributed by atoms with Gasteiger partial charge in [0, 0.05) is 11.4 Å². The molecule has 0 bridgehead atoms. The zero-order valence-corrected chi connectivity index (χ0v) is 10.4. The van der Waals surface area contributed by atoms with Crippen LogP contribution in [0.4, 0.5) is 4.79 Å². The number of aromatic nitrogens is 1. The molecule has 2 N–H and O–H groups in total. The van der Waals surface area contributed by atoms with E-state index >= 15 is 0 Å². The zero-order chi connectivity index (χ0) is 11.7. The lowest BCUT2D eigenvalue weighted by atomic mass is 10.0. The van der Waals surface area contributed by atoms with E-state index in [-0.39, 0.29) is 6.04 Å². The van der Waals surface area contributed by atoms with Crippen molar-refractivity contribution in [3.8, 4) is 0 Å². The van der Waals surface area contributed by atoms with Crippen LogP contribution < -0.4 is 0 Å². The van der Waals surface area contributed by atoms with Crippen molar-refractivity contribution in [1.29, 1.82) is 0 Å². The van der Waals surface area contributed by atoms with Gasteiger partial charge >= 0.3 is 6.09 Å². The average molecular weight is 256 g/mol. The first-order valence-electron chi connectivity index (χ1n) is 4.94. The van der Waals surface area contributed by atoms with Crippen molar-refractivity contribution in [1.82, 2.24) is 9.88 Å². The molecule has 1 aliphatic heterocycles. The minimum atomic E-state index is -0.869. The molecule has 0 radical (unpaired) electrons. The van der Waals surface area contributed by atoms with E-state index in [1.165, 1.54) is 16.2 Å². The maximum Gasteiger partial charge on any atom is 0.407 e. The van der Waals surface area contributed by atoms with Crippen LogP contribution >= 0.6 is 23.6 Å². The molecular formula is C10H12N2O2S2. The van der Waals surface area contributed by atoms with Crippen LogP contribution in [-0.2, 0) is 0 Å². The lowest BCUT2D eigenvalue weighted by Gasteiger charge is -2.30. The first kappa shape index (κ1) is 11.3. The van der Waals surface area contributed by atoms with Gasteiger partial charge in [0.05, 0.1) is 12.2 Å². The zero-order valence-electron chi connectivity index (χ0n) is 8.77. The molecule has 1 atom stereocenters. The highest BCUT2D eigenvalue weighted by Crippen LogP contribution is 2.24. The van der Waals surface area contributed by atoms with E-state index in [0.29, 0.717) is 6.54 Å². The lowest BCUT2D eigenvalue weighted by molar-refractivity contribution is 0.134.